The lowest BCUT2D eigenvalue weighted by atomic mass is 10.3. The quantitative estimate of drug-likeness (QED) is 0.856. The van der Waals surface area contributed by atoms with Crippen molar-refractivity contribution in [1.29, 1.82) is 0 Å². The Morgan fingerprint density at radius 3 is 2.67 bits per heavy atom. The average molecular weight is 267 g/mol. The Kier molecular flexibility index (Phi) is 5.96. The Bertz CT molecular complexity index is 297. The first-order valence-corrected chi connectivity index (χ1v) is 5.52. The Morgan fingerprint density at radius 1 is 1.53 bits per heavy atom. The molecule has 2 rings (SSSR count). The van der Waals surface area contributed by atoms with E-state index in [2.05, 4.69) is 11.9 Å². The molecular formula is C10H16Cl2N2S. The molecule has 0 radical (unpaired) electrons. The van der Waals surface area contributed by atoms with Crippen molar-refractivity contribution in [3.8, 4) is 0 Å². The van der Waals surface area contributed by atoms with E-state index >= 15 is 0 Å². The number of hydrogen-bond acceptors (Lipinski definition) is 3. The van der Waals surface area contributed by atoms with Crippen molar-refractivity contribution in [1.82, 2.24) is 4.98 Å². The number of rotatable bonds is 3. The normalized spacial score (nSPS) is 27.5. The molecule has 2 unspecified atom stereocenters. The molecule has 0 saturated heterocycles. The van der Waals surface area contributed by atoms with Gasteiger partial charge in [0.15, 0.2) is 0 Å². The zero-order valence-electron chi connectivity index (χ0n) is 8.55. The van der Waals surface area contributed by atoms with Gasteiger partial charge in [-0.05, 0) is 24.5 Å². The van der Waals surface area contributed by atoms with Crippen LogP contribution in [0.3, 0.4) is 0 Å². The third-order valence-corrected chi connectivity index (χ3v) is 3.85. The van der Waals surface area contributed by atoms with Gasteiger partial charge >= 0.3 is 0 Å². The summed E-state index contributed by atoms with van der Waals surface area (Å²) in [5, 5.41) is 1.08. The van der Waals surface area contributed by atoms with Gasteiger partial charge in [0, 0.05) is 17.5 Å². The number of nitrogens with zero attached hydrogens (tertiary/aromatic N) is 1. The number of hydrogen-bond donors (Lipinski definition) is 1. The van der Waals surface area contributed by atoms with Gasteiger partial charge in [-0.15, -0.1) is 36.6 Å². The Labute approximate surface area is 107 Å². The summed E-state index contributed by atoms with van der Waals surface area (Å²) >= 11 is 1.76. The molecule has 15 heavy (non-hydrogen) atoms. The van der Waals surface area contributed by atoms with E-state index in [0.717, 1.165) is 17.2 Å². The second-order valence-corrected chi connectivity index (χ2v) is 4.79. The molecule has 86 valence electrons. The summed E-state index contributed by atoms with van der Waals surface area (Å²) in [5.74, 6) is 1.68. The van der Waals surface area contributed by atoms with Gasteiger partial charge in [0.25, 0.3) is 0 Å². The number of aromatic nitrogens is 1. The molecule has 0 spiro atoms. The molecule has 2 nitrogen and oxygen atoms in total. The van der Waals surface area contributed by atoms with Crippen LogP contribution in [0.25, 0.3) is 0 Å². The highest BCUT2D eigenvalue weighted by Gasteiger charge is 2.47. The third-order valence-electron chi connectivity index (χ3n) is 2.63. The highest BCUT2D eigenvalue weighted by Crippen LogP contribution is 2.43. The highest BCUT2D eigenvalue weighted by molar-refractivity contribution is 7.99. The number of pyridine rings is 1. The Balaban J connectivity index is 0.000000980. The van der Waals surface area contributed by atoms with E-state index in [1.54, 1.807) is 11.8 Å². The van der Waals surface area contributed by atoms with E-state index in [0.29, 0.717) is 5.92 Å². The first-order chi connectivity index (χ1) is 6.21. The largest absolute Gasteiger partial charge is 0.324 e. The van der Waals surface area contributed by atoms with Crippen molar-refractivity contribution in [2.75, 3.05) is 5.75 Å². The summed E-state index contributed by atoms with van der Waals surface area (Å²) in [7, 11) is 0. The van der Waals surface area contributed by atoms with Crippen LogP contribution in [0.2, 0.25) is 0 Å². The van der Waals surface area contributed by atoms with Crippen molar-refractivity contribution < 1.29 is 0 Å². The molecule has 5 heteroatoms. The van der Waals surface area contributed by atoms with Crippen molar-refractivity contribution in [2.24, 2.45) is 11.7 Å². The smallest absolute Gasteiger partial charge is 0.0960 e. The molecular weight excluding hydrogens is 251 g/mol. The first-order valence-electron chi connectivity index (χ1n) is 4.53. The molecule has 0 bridgehead atoms. The average Bonchev–Trinajstić information content (AvgIpc) is 2.74. The maximum atomic E-state index is 6.09. The van der Waals surface area contributed by atoms with Gasteiger partial charge in [0.05, 0.1) is 5.03 Å². The van der Waals surface area contributed by atoms with Crippen LogP contribution in [-0.4, -0.2) is 16.3 Å². The molecule has 1 aromatic heterocycles. The van der Waals surface area contributed by atoms with Crippen molar-refractivity contribution in [2.45, 2.75) is 23.9 Å². The summed E-state index contributed by atoms with van der Waals surface area (Å²) < 4.78 is 0. The maximum absolute atomic E-state index is 6.09. The molecule has 1 saturated carbocycles. The van der Waals surface area contributed by atoms with Crippen LogP contribution in [0, 0.1) is 5.92 Å². The van der Waals surface area contributed by atoms with Crippen molar-refractivity contribution >= 4 is 36.6 Å². The second kappa shape index (κ2) is 5.94. The van der Waals surface area contributed by atoms with Crippen LogP contribution in [0.4, 0.5) is 0 Å². The minimum atomic E-state index is 0. The summed E-state index contributed by atoms with van der Waals surface area (Å²) in [6, 6.07) is 5.97. The van der Waals surface area contributed by atoms with E-state index in [1.165, 1.54) is 0 Å². The Hall–Kier alpha value is 0.0400. The maximum Gasteiger partial charge on any atom is 0.0960 e. The number of nitrogens with two attached hydrogens (primary N) is 1. The van der Waals surface area contributed by atoms with E-state index in [4.69, 9.17) is 5.73 Å². The molecule has 2 atom stereocenters. The van der Waals surface area contributed by atoms with Gasteiger partial charge in [-0.3, -0.25) is 0 Å². The summed E-state index contributed by atoms with van der Waals surface area (Å²) in [5.41, 5.74) is 6.17. The number of halogens is 2. The summed E-state index contributed by atoms with van der Waals surface area (Å²) in [4.78, 5) is 4.24. The number of thioether (sulfide) groups is 1. The van der Waals surface area contributed by atoms with Gasteiger partial charge < -0.3 is 5.73 Å². The molecule has 0 aromatic carbocycles. The van der Waals surface area contributed by atoms with E-state index in [1.807, 2.05) is 24.4 Å². The van der Waals surface area contributed by atoms with E-state index < -0.39 is 0 Å². The van der Waals surface area contributed by atoms with Crippen LogP contribution in [0.5, 0.6) is 0 Å². The molecule has 1 aliphatic rings. The summed E-state index contributed by atoms with van der Waals surface area (Å²) in [6.07, 6.45) is 2.98. The molecule has 0 aliphatic heterocycles. The predicted octanol–water partition coefficient (Wildman–Crippen LogP) is 2.75. The second-order valence-electron chi connectivity index (χ2n) is 3.79. The van der Waals surface area contributed by atoms with E-state index in [-0.39, 0.29) is 30.4 Å². The van der Waals surface area contributed by atoms with Gasteiger partial charge in [-0.25, -0.2) is 4.98 Å². The molecule has 0 amide bonds. The standard InChI is InChI=1S/C10H14N2S.2ClH/c1-8-6-10(8,11)7-13-9-4-2-3-5-12-9;;/h2-5,8H,6-7,11H2,1H3;2*1H. The van der Waals surface area contributed by atoms with Gasteiger partial charge in [-0.1, -0.05) is 13.0 Å². The predicted molar refractivity (Wildman–Crippen MR) is 70.2 cm³/mol. The van der Waals surface area contributed by atoms with Gasteiger partial charge in [0.1, 0.15) is 0 Å². The lowest BCUT2D eigenvalue weighted by Gasteiger charge is -2.08. The zero-order chi connectivity index (χ0) is 9.31. The van der Waals surface area contributed by atoms with Gasteiger partial charge in [0.2, 0.25) is 0 Å². The van der Waals surface area contributed by atoms with Crippen LogP contribution >= 0.6 is 36.6 Å². The van der Waals surface area contributed by atoms with Crippen LogP contribution in [0.15, 0.2) is 29.4 Å². The molecule has 2 N–H and O–H groups in total. The fraction of sp³-hybridized carbons (Fsp3) is 0.500. The molecule has 1 heterocycles. The molecule has 1 aliphatic carbocycles. The van der Waals surface area contributed by atoms with Crippen LogP contribution in [-0.2, 0) is 0 Å². The topological polar surface area (TPSA) is 38.9 Å². The lowest BCUT2D eigenvalue weighted by molar-refractivity contribution is 0.696. The summed E-state index contributed by atoms with van der Waals surface area (Å²) in [6.45, 7) is 2.21. The SMILES string of the molecule is CC1CC1(N)CSc1ccccn1.Cl.Cl. The molecule has 1 fully saturated rings. The van der Waals surface area contributed by atoms with Crippen molar-refractivity contribution in [3.63, 3.8) is 0 Å². The highest BCUT2D eigenvalue weighted by atomic mass is 35.5. The lowest BCUT2D eigenvalue weighted by Crippen LogP contribution is -2.27. The van der Waals surface area contributed by atoms with Crippen LogP contribution < -0.4 is 5.73 Å². The monoisotopic (exact) mass is 266 g/mol. The minimum Gasteiger partial charge on any atom is -0.324 e. The fourth-order valence-electron chi connectivity index (χ4n) is 1.35. The van der Waals surface area contributed by atoms with Gasteiger partial charge in [-0.2, -0.15) is 0 Å². The fourth-order valence-corrected chi connectivity index (χ4v) is 2.48. The third kappa shape index (κ3) is 3.83. The molecule has 1 aromatic rings. The van der Waals surface area contributed by atoms with E-state index in [9.17, 15) is 0 Å². The van der Waals surface area contributed by atoms with Crippen molar-refractivity contribution in [3.05, 3.63) is 24.4 Å². The van der Waals surface area contributed by atoms with Crippen LogP contribution in [0.1, 0.15) is 13.3 Å². The Morgan fingerprint density at radius 2 is 2.20 bits per heavy atom. The zero-order valence-corrected chi connectivity index (χ0v) is 11.0. The first kappa shape index (κ1) is 15.0. The minimum absolute atomic E-state index is 0.